The van der Waals surface area contributed by atoms with Gasteiger partial charge in [-0.3, -0.25) is 9.59 Å². The number of hydrogen-bond donors (Lipinski definition) is 2. The van der Waals surface area contributed by atoms with Crippen molar-refractivity contribution in [2.24, 2.45) is 5.41 Å². The van der Waals surface area contributed by atoms with Gasteiger partial charge in [0.2, 0.25) is 5.91 Å². The van der Waals surface area contributed by atoms with Crippen molar-refractivity contribution < 1.29 is 9.59 Å². The van der Waals surface area contributed by atoms with E-state index in [-0.39, 0.29) is 11.8 Å². The molecule has 0 saturated heterocycles. The van der Waals surface area contributed by atoms with Crippen LogP contribution in [0.2, 0.25) is 0 Å². The topological polar surface area (TPSA) is 76.0 Å². The van der Waals surface area contributed by atoms with Gasteiger partial charge in [0, 0.05) is 23.2 Å². The molecule has 2 aromatic heterocycles. The van der Waals surface area contributed by atoms with Crippen LogP contribution in [0.3, 0.4) is 0 Å². The van der Waals surface area contributed by atoms with Crippen molar-refractivity contribution in [3.63, 3.8) is 0 Å². The van der Waals surface area contributed by atoms with Crippen molar-refractivity contribution in [3.8, 4) is 5.69 Å². The quantitative estimate of drug-likeness (QED) is 0.619. The van der Waals surface area contributed by atoms with Gasteiger partial charge in [0.25, 0.3) is 5.91 Å². The van der Waals surface area contributed by atoms with Gasteiger partial charge in [-0.05, 0) is 44.5 Å². The van der Waals surface area contributed by atoms with E-state index in [1.807, 2.05) is 82.6 Å². The fourth-order valence-corrected chi connectivity index (χ4v) is 4.05. The molecule has 2 heterocycles. The minimum absolute atomic E-state index is 0.0738. The lowest BCUT2D eigenvalue weighted by molar-refractivity contribution is -0.123. The lowest BCUT2D eigenvalue weighted by Crippen LogP contribution is -2.27. The maximum absolute atomic E-state index is 12.8. The highest BCUT2D eigenvalue weighted by Gasteiger charge is 2.23. The summed E-state index contributed by atoms with van der Waals surface area (Å²) in [5, 5.41) is 11.2. The van der Waals surface area contributed by atoms with Crippen LogP contribution in [0, 0.1) is 26.2 Å². The van der Waals surface area contributed by atoms with E-state index in [4.69, 9.17) is 0 Å². The summed E-state index contributed by atoms with van der Waals surface area (Å²) in [7, 11) is 0. The summed E-state index contributed by atoms with van der Waals surface area (Å²) >= 11 is 1.29. The fraction of sp³-hybridized carbons (Fsp3) is 0.348. The Hall–Kier alpha value is -2.93. The van der Waals surface area contributed by atoms with Crippen molar-refractivity contribution in [3.05, 3.63) is 63.8 Å². The fourth-order valence-electron chi connectivity index (χ4n) is 3.07. The number of para-hydroxylation sites is 1. The van der Waals surface area contributed by atoms with Gasteiger partial charge in [0.15, 0.2) is 0 Å². The van der Waals surface area contributed by atoms with Crippen molar-refractivity contribution >= 4 is 28.2 Å². The molecule has 0 saturated carbocycles. The van der Waals surface area contributed by atoms with Gasteiger partial charge in [-0.25, -0.2) is 4.68 Å². The molecule has 0 aliphatic heterocycles. The lowest BCUT2D eigenvalue weighted by Gasteiger charge is -2.16. The molecule has 158 valence electrons. The molecule has 2 N–H and O–H groups in total. The van der Waals surface area contributed by atoms with Gasteiger partial charge in [-0.1, -0.05) is 39.0 Å². The predicted molar refractivity (Wildman–Crippen MR) is 121 cm³/mol. The Morgan fingerprint density at radius 1 is 1.10 bits per heavy atom. The van der Waals surface area contributed by atoms with E-state index in [0.717, 1.165) is 28.2 Å². The molecular formula is C23H28N4O2S. The predicted octanol–water partition coefficient (Wildman–Crippen LogP) is 4.77. The van der Waals surface area contributed by atoms with E-state index in [9.17, 15) is 9.59 Å². The van der Waals surface area contributed by atoms with Gasteiger partial charge >= 0.3 is 0 Å². The van der Waals surface area contributed by atoms with Crippen LogP contribution in [0.15, 0.2) is 36.4 Å². The Kier molecular flexibility index (Phi) is 6.12. The Morgan fingerprint density at radius 2 is 1.77 bits per heavy atom. The molecule has 1 aromatic carbocycles. The Balaban J connectivity index is 1.72. The second-order valence-corrected chi connectivity index (χ2v) is 9.46. The molecule has 0 fully saturated rings. The SMILES string of the molecule is Cc1cc(NC(=O)C(C)(C)C)sc1C(=O)NCc1c(C)nn(-c2ccccc2)c1C. The molecule has 0 bridgehead atoms. The third-order valence-corrected chi connectivity index (χ3v) is 6.06. The number of thiophene rings is 1. The normalized spacial score (nSPS) is 11.4. The standard InChI is InChI=1S/C23H28N4O2S/c1-14-12-19(25-22(29)23(4,5)6)30-20(14)21(28)24-13-18-15(2)26-27(16(18)3)17-10-8-7-9-11-17/h7-12H,13H2,1-6H3,(H,24,28)(H,25,29). The van der Waals surface area contributed by atoms with Crippen LogP contribution in [0.5, 0.6) is 0 Å². The number of aryl methyl sites for hydroxylation is 2. The molecule has 30 heavy (non-hydrogen) atoms. The Bertz CT molecular complexity index is 1070. The second-order valence-electron chi connectivity index (χ2n) is 8.41. The molecule has 0 aliphatic rings. The molecular weight excluding hydrogens is 396 g/mol. The lowest BCUT2D eigenvalue weighted by atomic mass is 9.96. The molecule has 6 nitrogen and oxygen atoms in total. The largest absolute Gasteiger partial charge is 0.347 e. The first kappa shape index (κ1) is 21.8. The van der Waals surface area contributed by atoms with Crippen molar-refractivity contribution in [2.45, 2.75) is 48.1 Å². The van der Waals surface area contributed by atoms with Gasteiger partial charge in [0.1, 0.15) is 0 Å². The number of aromatic nitrogens is 2. The van der Waals surface area contributed by atoms with Crippen LogP contribution in [0.4, 0.5) is 5.00 Å². The number of hydrogen-bond acceptors (Lipinski definition) is 4. The zero-order chi connectivity index (χ0) is 22.1. The van der Waals surface area contributed by atoms with Gasteiger partial charge in [-0.2, -0.15) is 5.10 Å². The molecule has 7 heteroatoms. The highest BCUT2D eigenvalue weighted by atomic mass is 32.1. The van der Waals surface area contributed by atoms with E-state index in [1.165, 1.54) is 11.3 Å². The van der Waals surface area contributed by atoms with E-state index in [2.05, 4.69) is 15.7 Å². The summed E-state index contributed by atoms with van der Waals surface area (Å²) in [6, 6.07) is 11.8. The number of carbonyl (C=O) groups excluding carboxylic acids is 2. The third-order valence-electron chi connectivity index (χ3n) is 4.91. The smallest absolute Gasteiger partial charge is 0.261 e. The second kappa shape index (κ2) is 8.44. The van der Waals surface area contributed by atoms with Crippen LogP contribution in [-0.2, 0) is 11.3 Å². The first-order valence-corrected chi connectivity index (χ1v) is 10.7. The van der Waals surface area contributed by atoms with E-state index < -0.39 is 5.41 Å². The first-order valence-electron chi connectivity index (χ1n) is 9.88. The Labute approximate surface area is 181 Å². The third kappa shape index (κ3) is 4.62. The summed E-state index contributed by atoms with van der Waals surface area (Å²) < 4.78 is 1.90. The van der Waals surface area contributed by atoms with Crippen LogP contribution < -0.4 is 10.6 Å². The van der Waals surface area contributed by atoms with E-state index >= 15 is 0 Å². The number of amides is 2. The van der Waals surface area contributed by atoms with Crippen molar-refractivity contribution in [1.29, 1.82) is 0 Å². The van der Waals surface area contributed by atoms with Gasteiger partial charge in [-0.15, -0.1) is 11.3 Å². The van der Waals surface area contributed by atoms with Gasteiger partial charge in [0.05, 0.1) is 21.3 Å². The number of nitrogens with one attached hydrogen (secondary N) is 2. The van der Waals surface area contributed by atoms with Crippen LogP contribution in [0.1, 0.15) is 53.0 Å². The van der Waals surface area contributed by atoms with E-state index in [0.29, 0.717) is 16.4 Å². The minimum atomic E-state index is -0.492. The number of benzene rings is 1. The molecule has 0 radical (unpaired) electrons. The van der Waals surface area contributed by atoms with Crippen LogP contribution >= 0.6 is 11.3 Å². The zero-order valence-corrected chi connectivity index (χ0v) is 19.1. The number of nitrogens with zero attached hydrogens (tertiary/aromatic N) is 2. The zero-order valence-electron chi connectivity index (χ0n) is 18.3. The maximum atomic E-state index is 12.8. The molecule has 0 unspecified atom stereocenters. The summed E-state index contributed by atoms with van der Waals surface area (Å²) in [5.74, 6) is -0.227. The molecule has 3 rings (SSSR count). The van der Waals surface area contributed by atoms with Crippen LogP contribution in [-0.4, -0.2) is 21.6 Å². The average molecular weight is 425 g/mol. The maximum Gasteiger partial charge on any atom is 0.261 e. The summed E-state index contributed by atoms with van der Waals surface area (Å²) in [6.07, 6.45) is 0. The molecule has 0 spiro atoms. The Morgan fingerprint density at radius 3 is 2.40 bits per heavy atom. The minimum Gasteiger partial charge on any atom is -0.347 e. The number of carbonyl (C=O) groups is 2. The summed E-state index contributed by atoms with van der Waals surface area (Å²) in [5.41, 5.74) is 4.23. The van der Waals surface area contributed by atoms with Crippen molar-refractivity contribution in [2.75, 3.05) is 5.32 Å². The number of rotatable bonds is 5. The highest BCUT2D eigenvalue weighted by Crippen LogP contribution is 2.28. The average Bonchev–Trinajstić information content (AvgIpc) is 3.19. The molecule has 0 atom stereocenters. The van der Waals surface area contributed by atoms with Gasteiger partial charge < -0.3 is 10.6 Å². The summed E-state index contributed by atoms with van der Waals surface area (Å²) in [4.78, 5) is 25.6. The molecule has 2 amide bonds. The summed E-state index contributed by atoms with van der Waals surface area (Å²) in [6.45, 7) is 11.8. The van der Waals surface area contributed by atoms with Crippen LogP contribution in [0.25, 0.3) is 5.69 Å². The monoisotopic (exact) mass is 424 g/mol. The molecule has 0 aliphatic carbocycles. The highest BCUT2D eigenvalue weighted by molar-refractivity contribution is 7.18. The van der Waals surface area contributed by atoms with E-state index in [1.54, 1.807) is 0 Å². The van der Waals surface area contributed by atoms with Crippen molar-refractivity contribution in [1.82, 2.24) is 15.1 Å². The first-order chi connectivity index (χ1) is 14.1. The number of anilines is 1. The molecule has 3 aromatic rings.